The highest BCUT2D eigenvalue weighted by molar-refractivity contribution is 5.78. The van der Waals surface area contributed by atoms with Crippen LogP contribution in [0, 0.1) is 0 Å². The van der Waals surface area contributed by atoms with E-state index in [1.54, 1.807) is 0 Å². The van der Waals surface area contributed by atoms with Gasteiger partial charge >= 0.3 is 0 Å². The average molecular weight is 331 g/mol. The Labute approximate surface area is 144 Å². The summed E-state index contributed by atoms with van der Waals surface area (Å²) in [5, 5.41) is 6.26. The normalized spacial score (nSPS) is 18.8. The Morgan fingerprint density at radius 1 is 1.21 bits per heavy atom. The zero-order valence-corrected chi connectivity index (χ0v) is 14.7. The first-order chi connectivity index (χ1) is 11.7. The second-order valence-corrected chi connectivity index (χ2v) is 6.71. The minimum Gasteiger partial charge on any atom is -0.494 e. The number of nitrogens with two attached hydrogens (primary N) is 1. The van der Waals surface area contributed by atoms with E-state index in [2.05, 4.69) is 28.2 Å². The standard InChI is InChI=1S/C18H29N5O/c1-21-15-23(20-18(21)19)11-6-12-24-17-8-5-7-16(13-17)14-22-9-3-2-4-10-22/h5,7-8,13H,2-4,6,9-12,14-15H2,1H3,(H2,19,20). The Balaban J connectivity index is 1.40. The third-order valence-corrected chi connectivity index (χ3v) is 4.59. The van der Waals surface area contributed by atoms with Gasteiger partial charge in [-0.2, -0.15) is 0 Å². The molecule has 0 unspecified atom stereocenters. The molecule has 2 N–H and O–H groups in total. The Kier molecular flexibility index (Phi) is 5.80. The fraction of sp³-hybridized carbons (Fsp3) is 0.611. The van der Waals surface area contributed by atoms with Crippen molar-refractivity contribution >= 4 is 5.96 Å². The van der Waals surface area contributed by atoms with E-state index >= 15 is 0 Å². The third kappa shape index (κ3) is 4.77. The highest BCUT2D eigenvalue weighted by atomic mass is 16.5. The number of rotatable bonds is 7. The molecule has 3 rings (SSSR count). The van der Waals surface area contributed by atoms with Crippen molar-refractivity contribution in [1.29, 1.82) is 0 Å². The van der Waals surface area contributed by atoms with Gasteiger partial charge in [0, 0.05) is 26.6 Å². The molecule has 1 aromatic carbocycles. The van der Waals surface area contributed by atoms with Crippen molar-refractivity contribution in [2.45, 2.75) is 32.2 Å². The lowest BCUT2D eigenvalue weighted by Gasteiger charge is -2.26. The Bertz CT molecular complexity index is 556. The predicted molar refractivity (Wildman–Crippen MR) is 96.6 cm³/mol. The van der Waals surface area contributed by atoms with E-state index in [0.717, 1.165) is 31.9 Å². The second kappa shape index (κ2) is 8.24. The molecule has 2 aliphatic heterocycles. The molecular formula is C18H29N5O. The molecule has 0 atom stereocenters. The van der Waals surface area contributed by atoms with Gasteiger partial charge in [0.25, 0.3) is 0 Å². The summed E-state index contributed by atoms with van der Waals surface area (Å²) in [6, 6.07) is 8.50. The summed E-state index contributed by atoms with van der Waals surface area (Å²) >= 11 is 0. The van der Waals surface area contributed by atoms with E-state index in [0.29, 0.717) is 12.6 Å². The zero-order valence-electron chi connectivity index (χ0n) is 14.7. The van der Waals surface area contributed by atoms with Crippen LogP contribution in [-0.2, 0) is 6.54 Å². The minimum absolute atomic E-state index is 0.585. The number of ether oxygens (including phenoxy) is 1. The summed E-state index contributed by atoms with van der Waals surface area (Å²) in [6.45, 7) is 5.79. The van der Waals surface area contributed by atoms with Gasteiger partial charge in [0.15, 0.2) is 0 Å². The van der Waals surface area contributed by atoms with Crippen LogP contribution in [0.15, 0.2) is 29.4 Å². The van der Waals surface area contributed by atoms with E-state index in [1.807, 2.05) is 23.0 Å². The molecule has 1 saturated heterocycles. The fourth-order valence-electron chi connectivity index (χ4n) is 3.24. The maximum atomic E-state index is 5.91. The second-order valence-electron chi connectivity index (χ2n) is 6.71. The van der Waals surface area contributed by atoms with E-state index in [1.165, 1.54) is 37.9 Å². The van der Waals surface area contributed by atoms with Gasteiger partial charge in [-0.25, -0.2) is 0 Å². The predicted octanol–water partition coefficient (Wildman–Crippen LogP) is 1.88. The minimum atomic E-state index is 0.585. The van der Waals surface area contributed by atoms with Crippen LogP contribution in [0.4, 0.5) is 0 Å². The number of piperidine rings is 1. The molecule has 0 spiro atoms. The smallest absolute Gasteiger partial charge is 0.215 e. The molecule has 1 aromatic rings. The number of guanidine groups is 1. The topological polar surface area (TPSA) is 57.3 Å². The lowest BCUT2D eigenvalue weighted by molar-refractivity contribution is 0.218. The molecule has 24 heavy (non-hydrogen) atoms. The molecule has 0 saturated carbocycles. The van der Waals surface area contributed by atoms with Gasteiger partial charge in [-0.1, -0.05) is 18.6 Å². The molecule has 6 nitrogen and oxygen atoms in total. The van der Waals surface area contributed by atoms with Crippen molar-refractivity contribution in [1.82, 2.24) is 14.8 Å². The number of hydrogen-bond donors (Lipinski definition) is 1. The number of hydrazone groups is 1. The highest BCUT2D eigenvalue weighted by Crippen LogP contribution is 2.18. The van der Waals surface area contributed by atoms with Crippen molar-refractivity contribution in [2.24, 2.45) is 10.8 Å². The maximum absolute atomic E-state index is 5.91. The van der Waals surface area contributed by atoms with Gasteiger partial charge in [0.1, 0.15) is 12.4 Å². The Morgan fingerprint density at radius 3 is 2.79 bits per heavy atom. The molecule has 0 aliphatic carbocycles. The summed E-state index contributed by atoms with van der Waals surface area (Å²) in [7, 11) is 1.95. The number of benzene rings is 1. The molecule has 2 aliphatic rings. The van der Waals surface area contributed by atoms with E-state index in [9.17, 15) is 0 Å². The quantitative estimate of drug-likeness (QED) is 0.773. The summed E-state index contributed by atoms with van der Waals surface area (Å²) in [4.78, 5) is 4.47. The first-order valence-corrected chi connectivity index (χ1v) is 8.95. The van der Waals surface area contributed by atoms with Crippen molar-refractivity contribution in [3.63, 3.8) is 0 Å². The van der Waals surface area contributed by atoms with Crippen LogP contribution in [-0.4, -0.2) is 60.7 Å². The van der Waals surface area contributed by atoms with E-state index < -0.39 is 0 Å². The summed E-state index contributed by atoms with van der Waals surface area (Å²) in [5.74, 6) is 1.55. The first-order valence-electron chi connectivity index (χ1n) is 8.95. The molecule has 6 heteroatoms. The Morgan fingerprint density at radius 2 is 2.04 bits per heavy atom. The molecule has 132 valence electrons. The van der Waals surface area contributed by atoms with Crippen molar-refractivity contribution in [3.8, 4) is 5.75 Å². The summed E-state index contributed by atoms with van der Waals surface area (Å²) in [5.41, 5.74) is 7.10. The average Bonchev–Trinajstić information content (AvgIpc) is 2.91. The summed E-state index contributed by atoms with van der Waals surface area (Å²) < 4.78 is 5.91. The van der Waals surface area contributed by atoms with Crippen molar-refractivity contribution < 1.29 is 4.74 Å². The molecule has 0 amide bonds. The van der Waals surface area contributed by atoms with Gasteiger partial charge in [0.05, 0.1) is 6.61 Å². The zero-order chi connectivity index (χ0) is 16.8. The van der Waals surface area contributed by atoms with Crippen LogP contribution in [0.2, 0.25) is 0 Å². The van der Waals surface area contributed by atoms with Gasteiger partial charge in [-0.3, -0.25) is 9.91 Å². The van der Waals surface area contributed by atoms with Gasteiger partial charge in [-0.15, -0.1) is 5.10 Å². The lowest BCUT2D eigenvalue weighted by atomic mass is 10.1. The third-order valence-electron chi connectivity index (χ3n) is 4.59. The van der Waals surface area contributed by atoms with Crippen LogP contribution in [0.3, 0.4) is 0 Å². The van der Waals surface area contributed by atoms with Crippen LogP contribution >= 0.6 is 0 Å². The van der Waals surface area contributed by atoms with E-state index in [4.69, 9.17) is 10.5 Å². The molecule has 0 radical (unpaired) electrons. The van der Waals surface area contributed by atoms with Gasteiger partial charge < -0.3 is 15.4 Å². The molecule has 1 fully saturated rings. The number of likely N-dealkylation sites (tertiary alicyclic amines) is 1. The molecule has 0 aromatic heterocycles. The lowest BCUT2D eigenvalue weighted by Crippen LogP contribution is -2.31. The monoisotopic (exact) mass is 331 g/mol. The van der Waals surface area contributed by atoms with Gasteiger partial charge in [-0.05, 0) is 43.6 Å². The van der Waals surface area contributed by atoms with Crippen LogP contribution in [0.25, 0.3) is 0 Å². The van der Waals surface area contributed by atoms with Crippen LogP contribution in [0.5, 0.6) is 5.75 Å². The summed E-state index contributed by atoms with van der Waals surface area (Å²) in [6.07, 6.45) is 4.97. The van der Waals surface area contributed by atoms with Gasteiger partial charge in [0.2, 0.25) is 5.96 Å². The highest BCUT2D eigenvalue weighted by Gasteiger charge is 2.15. The molecule has 2 heterocycles. The number of hydrogen-bond acceptors (Lipinski definition) is 6. The number of nitrogens with zero attached hydrogens (tertiary/aromatic N) is 4. The van der Waals surface area contributed by atoms with Crippen LogP contribution in [0.1, 0.15) is 31.2 Å². The largest absolute Gasteiger partial charge is 0.494 e. The molecule has 0 bridgehead atoms. The Hall–Kier alpha value is -1.95. The van der Waals surface area contributed by atoms with Crippen molar-refractivity contribution in [3.05, 3.63) is 29.8 Å². The maximum Gasteiger partial charge on any atom is 0.215 e. The van der Waals surface area contributed by atoms with E-state index in [-0.39, 0.29) is 0 Å². The van der Waals surface area contributed by atoms with Crippen molar-refractivity contribution in [2.75, 3.05) is 40.0 Å². The first kappa shape index (κ1) is 16.9. The fourth-order valence-corrected chi connectivity index (χ4v) is 3.24. The SMILES string of the molecule is CN1CN(CCCOc2cccc(CN3CCCCC3)c2)N=C1N. The van der Waals surface area contributed by atoms with Crippen LogP contribution < -0.4 is 10.5 Å². The molecular weight excluding hydrogens is 302 g/mol.